The van der Waals surface area contributed by atoms with E-state index in [9.17, 15) is 14.7 Å². The van der Waals surface area contributed by atoms with Crippen LogP contribution in [0.2, 0.25) is 0 Å². The predicted octanol–water partition coefficient (Wildman–Crippen LogP) is 4.77. The lowest BCUT2D eigenvalue weighted by atomic mass is 9.91. The summed E-state index contributed by atoms with van der Waals surface area (Å²) >= 11 is 0. The molecule has 1 aliphatic carbocycles. The number of nitrogens with one attached hydrogen (secondary N) is 2. The van der Waals surface area contributed by atoms with Crippen molar-refractivity contribution in [3.63, 3.8) is 0 Å². The Balaban J connectivity index is 1.57. The smallest absolute Gasteiger partial charge is 0.257 e. The topological polar surface area (TPSA) is 81.7 Å². The molecule has 2 aliphatic rings. The number of likely N-dealkylation sites (tertiary alicyclic amines) is 1. The quantitative estimate of drug-likeness (QED) is 0.423. The second kappa shape index (κ2) is 9.53. The van der Waals surface area contributed by atoms with Gasteiger partial charge in [0.25, 0.3) is 5.91 Å². The number of phenols is 1. The Morgan fingerprint density at radius 2 is 1.94 bits per heavy atom. The normalized spacial score (nSPS) is 19.2. The van der Waals surface area contributed by atoms with E-state index in [0.717, 1.165) is 24.8 Å². The molecule has 1 fully saturated rings. The third kappa shape index (κ3) is 4.51. The molecule has 0 bridgehead atoms. The SMILES string of the molecule is C=C1C(=O)C(N[C@H](CC)c2ccccc2)=C1Nc1cccc(C(=O)N2CCCC(C)C2)c1O. The summed E-state index contributed by atoms with van der Waals surface area (Å²) in [5.41, 5.74) is 3.06. The number of amides is 1. The lowest BCUT2D eigenvalue weighted by Gasteiger charge is -2.32. The number of piperidine rings is 1. The van der Waals surface area contributed by atoms with E-state index in [2.05, 4.69) is 31.1 Å². The summed E-state index contributed by atoms with van der Waals surface area (Å²) < 4.78 is 0. The number of allylic oxidation sites excluding steroid dienone is 2. The number of carbonyl (C=O) groups is 2. The Hall–Kier alpha value is -3.54. The monoisotopic (exact) mass is 445 g/mol. The molecule has 1 saturated heterocycles. The Bertz CT molecular complexity index is 1110. The first-order valence-electron chi connectivity index (χ1n) is 11.6. The molecule has 0 spiro atoms. The van der Waals surface area contributed by atoms with Crippen LogP contribution in [0.1, 0.15) is 55.1 Å². The number of hydrogen-bond donors (Lipinski definition) is 3. The minimum absolute atomic E-state index is 0.0300. The Labute approximate surface area is 195 Å². The van der Waals surface area contributed by atoms with Crippen LogP contribution in [0.3, 0.4) is 0 Å². The summed E-state index contributed by atoms with van der Waals surface area (Å²) in [6.45, 7) is 9.46. The van der Waals surface area contributed by atoms with E-state index in [1.807, 2.05) is 30.3 Å². The number of nitrogens with zero attached hydrogens (tertiary/aromatic N) is 1. The van der Waals surface area contributed by atoms with E-state index in [-0.39, 0.29) is 29.0 Å². The number of phenolic OH excluding ortho intramolecular Hbond substituents is 1. The lowest BCUT2D eigenvalue weighted by Crippen LogP contribution is -2.39. The van der Waals surface area contributed by atoms with Crippen LogP contribution in [0.5, 0.6) is 5.75 Å². The largest absolute Gasteiger partial charge is 0.505 e. The summed E-state index contributed by atoms with van der Waals surface area (Å²) in [5, 5.41) is 17.4. The average Bonchev–Trinajstić information content (AvgIpc) is 2.84. The molecule has 0 radical (unpaired) electrons. The van der Waals surface area contributed by atoms with Crippen molar-refractivity contribution in [2.24, 2.45) is 5.92 Å². The Morgan fingerprint density at radius 3 is 2.64 bits per heavy atom. The van der Waals surface area contributed by atoms with Crippen LogP contribution in [-0.2, 0) is 4.79 Å². The molecule has 6 heteroatoms. The summed E-state index contributed by atoms with van der Waals surface area (Å²) in [5.74, 6) is 0.00905. The highest BCUT2D eigenvalue weighted by molar-refractivity contribution is 6.20. The maximum Gasteiger partial charge on any atom is 0.257 e. The molecule has 172 valence electrons. The van der Waals surface area contributed by atoms with Gasteiger partial charge in [-0.2, -0.15) is 0 Å². The standard InChI is InChI=1S/C27H31N3O3/c1-4-21(19-11-6-5-7-12-19)28-24-23(18(3)25(24)31)29-22-14-8-13-20(26(22)32)27(33)30-15-9-10-17(2)16-30/h5-8,11-14,17,21,28-29,32H,3-4,9-10,15-16H2,1-2H3/t17?,21-/m1/s1. The van der Waals surface area contributed by atoms with Crippen molar-refractivity contribution in [3.8, 4) is 5.75 Å². The molecule has 2 atom stereocenters. The maximum absolute atomic E-state index is 13.1. The fourth-order valence-corrected chi connectivity index (χ4v) is 4.52. The van der Waals surface area contributed by atoms with E-state index in [1.54, 1.807) is 23.1 Å². The molecule has 1 unspecified atom stereocenters. The van der Waals surface area contributed by atoms with Crippen molar-refractivity contribution >= 4 is 17.4 Å². The number of rotatable bonds is 7. The van der Waals surface area contributed by atoms with Gasteiger partial charge in [-0.05, 0) is 42.9 Å². The highest BCUT2D eigenvalue weighted by atomic mass is 16.3. The fourth-order valence-electron chi connectivity index (χ4n) is 4.52. The first-order valence-corrected chi connectivity index (χ1v) is 11.6. The van der Waals surface area contributed by atoms with Gasteiger partial charge in [-0.15, -0.1) is 0 Å². The highest BCUT2D eigenvalue weighted by Crippen LogP contribution is 2.36. The molecule has 4 rings (SSSR count). The predicted molar refractivity (Wildman–Crippen MR) is 130 cm³/mol. The molecule has 0 saturated carbocycles. The second-order valence-electron chi connectivity index (χ2n) is 8.90. The molecular weight excluding hydrogens is 414 g/mol. The van der Waals surface area contributed by atoms with E-state index in [0.29, 0.717) is 41.7 Å². The number of aromatic hydroxyl groups is 1. The van der Waals surface area contributed by atoms with Crippen molar-refractivity contribution in [1.82, 2.24) is 10.2 Å². The van der Waals surface area contributed by atoms with Gasteiger partial charge >= 0.3 is 0 Å². The first kappa shape index (κ1) is 22.6. The van der Waals surface area contributed by atoms with Gasteiger partial charge < -0.3 is 20.6 Å². The van der Waals surface area contributed by atoms with E-state index >= 15 is 0 Å². The second-order valence-corrected chi connectivity index (χ2v) is 8.90. The van der Waals surface area contributed by atoms with Crippen LogP contribution < -0.4 is 10.6 Å². The number of para-hydroxylation sites is 1. The zero-order valence-corrected chi connectivity index (χ0v) is 19.2. The maximum atomic E-state index is 13.1. The minimum atomic E-state index is -0.173. The Kier molecular flexibility index (Phi) is 6.54. The van der Waals surface area contributed by atoms with Crippen molar-refractivity contribution in [1.29, 1.82) is 0 Å². The molecule has 6 nitrogen and oxygen atoms in total. The zero-order valence-electron chi connectivity index (χ0n) is 19.2. The summed E-state index contributed by atoms with van der Waals surface area (Å²) in [6, 6.07) is 15.0. The van der Waals surface area contributed by atoms with Crippen LogP contribution in [0.15, 0.2) is 72.1 Å². The molecule has 33 heavy (non-hydrogen) atoms. The van der Waals surface area contributed by atoms with E-state index in [1.165, 1.54) is 0 Å². The van der Waals surface area contributed by atoms with Crippen LogP contribution in [0.4, 0.5) is 5.69 Å². The van der Waals surface area contributed by atoms with Gasteiger partial charge in [0.05, 0.1) is 23.0 Å². The van der Waals surface area contributed by atoms with Gasteiger partial charge in [0.1, 0.15) is 5.70 Å². The number of hydrogen-bond acceptors (Lipinski definition) is 5. The van der Waals surface area contributed by atoms with Crippen molar-refractivity contribution < 1.29 is 14.7 Å². The zero-order chi connectivity index (χ0) is 23.5. The van der Waals surface area contributed by atoms with Crippen molar-refractivity contribution in [3.05, 3.63) is 83.2 Å². The van der Waals surface area contributed by atoms with E-state index < -0.39 is 0 Å². The number of carbonyl (C=O) groups excluding carboxylic acids is 2. The fraction of sp³-hybridized carbons (Fsp3) is 0.333. The first-order chi connectivity index (χ1) is 15.9. The molecule has 3 N–H and O–H groups in total. The van der Waals surface area contributed by atoms with Gasteiger partial charge in [0.2, 0.25) is 5.78 Å². The lowest BCUT2D eigenvalue weighted by molar-refractivity contribution is -0.113. The van der Waals surface area contributed by atoms with Gasteiger partial charge in [-0.3, -0.25) is 9.59 Å². The molecular formula is C27H31N3O3. The highest BCUT2D eigenvalue weighted by Gasteiger charge is 2.34. The van der Waals surface area contributed by atoms with Gasteiger partial charge in [-0.25, -0.2) is 0 Å². The molecule has 0 aromatic heterocycles. The minimum Gasteiger partial charge on any atom is -0.505 e. The molecule has 1 aliphatic heterocycles. The van der Waals surface area contributed by atoms with Crippen LogP contribution in [0, 0.1) is 5.92 Å². The summed E-state index contributed by atoms with van der Waals surface area (Å²) in [7, 11) is 0. The number of anilines is 1. The van der Waals surface area contributed by atoms with Gasteiger partial charge in [-0.1, -0.05) is 56.8 Å². The summed E-state index contributed by atoms with van der Waals surface area (Å²) in [4.78, 5) is 27.4. The Morgan fingerprint density at radius 1 is 1.18 bits per heavy atom. The number of Topliss-reactive ketones (excluding diaryl/α,β-unsaturated/α-hetero) is 1. The third-order valence-electron chi connectivity index (χ3n) is 6.45. The van der Waals surface area contributed by atoms with Crippen molar-refractivity contribution in [2.75, 3.05) is 18.4 Å². The molecule has 2 aromatic rings. The van der Waals surface area contributed by atoms with Crippen molar-refractivity contribution in [2.45, 2.75) is 39.2 Å². The van der Waals surface area contributed by atoms with E-state index in [4.69, 9.17) is 0 Å². The number of benzene rings is 2. The summed E-state index contributed by atoms with van der Waals surface area (Å²) in [6.07, 6.45) is 2.87. The molecule has 1 amide bonds. The number of ketones is 1. The third-order valence-corrected chi connectivity index (χ3v) is 6.45. The van der Waals surface area contributed by atoms with Crippen LogP contribution in [0.25, 0.3) is 0 Å². The van der Waals surface area contributed by atoms with Gasteiger partial charge in [0, 0.05) is 18.7 Å². The van der Waals surface area contributed by atoms with Crippen LogP contribution >= 0.6 is 0 Å². The molecule has 2 aromatic carbocycles. The van der Waals surface area contributed by atoms with Gasteiger partial charge in [0.15, 0.2) is 5.75 Å². The average molecular weight is 446 g/mol. The molecule has 1 heterocycles. The van der Waals surface area contributed by atoms with Crippen LogP contribution in [-0.4, -0.2) is 34.8 Å².